The summed E-state index contributed by atoms with van der Waals surface area (Å²) < 4.78 is 26.9. The van der Waals surface area contributed by atoms with Crippen LogP contribution in [0.15, 0.2) is 0 Å². The predicted octanol–water partition coefficient (Wildman–Crippen LogP) is -7.43. The molecule has 0 radical (unpaired) electrons. The van der Waals surface area contributed by atoms with Crippen molar-refractivity contribution in [1.82, 2.24) is 5.32 Å². The summed E-state index contributed by atoms with van der Waals surface area (Å²) in [4.78, 5) is 11.6. The Kier molecular flexibility index (Phi) is 10.5. The molecule has 0 saturated carbocycles. The van der Waals surface area contributed by atoms with Gasteiger partial charge in [0, 0.05) is 6.92 Å². The molecule has 3 aliphatic rings. The van der Waals surface area contributed by atoms with Crippen molar-refractivity contribution in [2.75, 3.05) is 19.8 Å². The second kappa shape index (κ2) is 12.8. The second-order valence-corrected chi connectivity index (χ2v) is 9.07. The monoisotopic (exact) mass is 545 g/mol. The van der Waals surface area contributed by atoms with Crippen molar-refractivity contribution in [3.63, 3.8) is 0 Å². The van der Waals surface area contributed by atoms with Gasteiger partial charge in [0.25, 0.3) is 0 Å². The molecule has 37 heavy (non-hydrogen) atoms. The predicted molar refractivity (Wildman–Crippen MR) is 113 cm³/mol. The van der Waals surface area contributed by atoms with Crippen molar-refractivity contribution in [2.45, 2.75) is 99.0 Å². The summed E-state index contributed by atoms with van der Waals surface area (Å²) in [6.07, 6.45) is -23.3. The van der Waals surface area contributed by atoms with Gasteiger partial charge in [-0.05, 0) is 0 Å². The summed E-state index contributed by atoms with van der Waals surface area (Å²) in [5.41, 5.74) is 0. The number of carbonyl (C=O) groups is 1. The lowest BCUT2D eigenvalue weighted by atomic mass is 9.95. The third kappa shape index (κ3) is 6.38. The number of aliphatic hydroxyl groups excluding tert-OH is 10. The molecule has 0 bridgehead atoms. The number of nitrogens with one attached hydrogen (secondary N) is 1. The number of ether oxygens (including phenoxy) is 5. The van der Waals surface area contributed by atoms with Gasteiger partial charge in [0.15, 0.2) is 18.9 Å². The standard InChI is InChI=1S/C20H35NO16/c1-5(25)21-9-17(11(27)7(3-23)33-18(9)32)37-20-15(31)13(29)16(8(4-24)35-20)36-19-14(30)12(28)10(26)6(2-22)34-19/h6-20,22-24,26-32H,2-4H2,1H3,(H,21,25)/t6-,7-,8-,9-,10+,11-,12+,13-,14-,15-,16+,17-,18?,19-,20+/m1/s1. The molecule has 0 aromatic carbocycles. The van der Waals surface area contributed by atoms with E-state index in [2.05, 4.69) is 5.32 Å². The van der Waals surface area contributed by atoms with Crippen LogP contribution in [0.25, 0.3) is 0 Å². The van der Waals surface area contributed by atoms with Gasteiger partial charge in [-0.15, -0.1) is 0 Å². The lowest BCUT2D eigenvalue weighted by molar-refractivity contribution is -0.372. The van der Waals surface area contributed by atoms with Crippen LogP contribution in [-0.2, 0) is 28.5 Å². The second-order valence-electron chi connectivity index (χ2n) is 9.07. The normalized spacial score (nSPS) is 49.0. The van der Waals surface area contributed by atoms with Crippen LogP contribution in [0.1, 0.15) is 6.92 Å². The molecule has 3 rings (SSSR count). The van der Waals surface area contributed by atoms with Gasteiger partial charge in [0.05, 0.1) is 19.8 Å². The summed E-state index contributed by atoms with van der Waals surface area (Å²) in [6, 6.07) is -1.39. The molecule has 0 aromatic heterocycles. The lowest BCUT2D eigenvalue weighted by Crippen LogP contribution is -2.68. The summed E-state index contributed by atoms with van der Waals surface area (Å²) in [5, 5.41) is 103. The van der Waals surface area contributed by atoms with E-state index in [-0.39, 0.29) is 0 Å². The molecule has 17 heteroatoms. The first-order chi connectivity index (χ1) is 17.4. The molecule has 11 N–H and O–H groups in total. The van der Waals surface area contributed by atoms with Crippen molar-refractivity contribution in [3.8, 4) is 0 Å². The average Bonchev–Trinajstić information content (AvgIpc) is 2.87. The van der Waals surface area contributed by atoms with Crippen LogP contribution in [0.2, 0.25) is 0 Å². The van der Waals surface area contributed by atoms with Gasteiger partial charge in [-0.25, -0.2) is 0 Å². The largest absolute Gasteiger partial charge is 0.394 e. The van der Waals surface area contributed by atoms with Gasteiger partial charge in [-0.3, -0.25) is 4.79 Å². The maximum Gasteiger partial charge on any atom is 0.217 e. The zero-order valence-electron chi connectivity index (χ0n) is 19.7. The highest BCUT2D eigenvalue weighted by atomic mass is 16.7. The summed E-state index contributed by atoms with van der Waals surface area (Å²) in [6.45, 7) is -1.21. The zero-order valence-corrected chi connectivity index (χ0v) is 19.7. The van der Waals surface area contributed by atoms with Crippen LogP contribution >= 0.6 is 0 Å². The van der Waals surface area contributed by atoms with Crippen LogP contribution in [0.4, 0.5) is 0 Å². The minimum absolute atomic E-state index is 0.637. The van der Waals surface area contributed by atoms with E-state index in [0.717, 1.165) is 6.92 Å². The van der Waals surface area contributed by atoms with Crippen molar-refractivity contribution in [2.24, 2.45) is 0 Å². The minimum atomic E-state index is -1.93. The minimum Gasteiger partial charge on any atom is -0.394 e. The number of carbonyl (C=O) groups excluding carboxylic acids is 1. The van der Waals surface area contributed by atoms with Crippen molar-refractivity contribution >= 4 is 5.91 Å². The maximum atomic E-state index is 11.6. The van der Waals surface area contributed by atoms with Crippen molar-refractivity contribution < 1.29 is 79.5 Å². The number of rotatable bonds is 8. The highest BCUT2D eigenvalue weighted by Crippen LogP contribution is 2.32. The smallest absolute Gasteiger partial charge is 0.217 e. The first kappa shape index (κ1) is 30.4. The lowest BCUT2D eigenvalue weighted by Gasteiger charge is -2.48. The Labute approximate surface area is 210 Å². The molecule has 3 heterocycles. The number of aliphatic hydroxyl groups is 10. The van der Waals surface area contributed by atoms with Gasteiger partial charge in [0.1, 0.15) is 73.2 Å². The molecule has 3 aliphatic heterocycles. The Morgan fingerprint density at radius 3 is 1.68 bits per heavy atom. The zero-order chi connectivity index (χ0) is 27.6. The van der Waals surface area contributed by atoms with Crippen molar-refractivity contribution in [3.05, 3.63) is 0 Å². The molecular formula is C20H35NO16. The fourth-order valence-corrected chi connectivity index (χ4v) is 4.46. The number of amides is 1. The Hall–Kier alpha value is -1.13. The summed E-state index contributed by atoms with van der Waals surface area (Å²) >= 11 is 0. The third-order valence-electron chi connectivity index (χ3n) is 6.49. The number of hydrogen-bond donors (Lipinski definition) is 11. The van der Waals surface area contributed by atoms with E-state index in [4.69, 9.17) is 23.7 Å². The van der Waals surface area contributed by atoms with E-state index in [1.54, 1.807) is 0 Å². The molecule has 15 atom stereocenters. The highest BCUT2D eigenvalue weighted by molar-refractivity contribution is 5.73. The van der Waals surface area contributed by atoms with E-state index in [9.17, 15) is 55.9 Å². The Bertz CT molecular complexity index is 743. The summed E-state index contributed by atoms with van der Waals surface area (Å²) in [5.74, 6) is -0.637. The Balaban J connectivity index is 1.76. The first-order valence-electron chi connectivity index (χ1n) is 11.6. The Morgan fingerprint density at radius 1 is 0.649 bits per heavy atom. The number of hydrogen-bond acceptors (Lipinski definition) is 16. The fraction of sp³-hybridized carbons (Fsp3) is 0.950. The van der Waals surface area contributed by atoms with Crippen LogP contribution in [0, 0.1) is 0 Å². The topological polar surface area (TPSA) is 278 Å². The van der Waals surface area contributed by atoms with E-state index in [0.29, 0.717) is 0 Å². The fourth-order valence-electron chi connectivity index (χ4n) is 4.46. The third-order valence-corrected chi connectivity index (χ3v) is 6.49. The average molecular weight is 545 g/mol. The maximum absolute atomic E-state index is 11.6. The van der Waals surface area contributed by atoms with E-state index in [1.165, 1.54) is 0 Å². The van der Waals surface area contributed by atoms with E-state index < -0.39 is 118 Å². The van der Waals surface area contributed by atoms with Gasteiger partial charge in [-0.2, -0.15) is 0 Å². The molecule has 17 nitrogen and oxygen atoms in total. The highest BCUT2D eigenvalue weighted by Gasteiger charge is 2.53. The molecule has 3 fully saturated rings. The molecule has 0 aliphatic carbocycles. The quantitative estimate of drug-likeness (QED) is 0.135. The van der Waals surface area contributed by atoms with Crippen LogP contribution in [0.5, 0.6) is 0 Å². The SMILES string of the molecule is CC(=O)N[C@H]1C(O)O[C@H](CO)[C@@H](O)[C@@H]1O[C@@H]1O[C@H](CO)[C@H](O[C@H]2O[C@H](CO)[C@H](O)[C@H](O)[C@H]2O)[C@H](O)[C@H]1O. The summed E-state index contributed by atoms with van der Waals surface area (Å²) in [7, 11) is 0. The molecule has 0 aromatic rings. The van der Waals surface area contributed by atoms with Gasteiger partial charge >= 0.3 is 0 Å². The molecule has 216 valence electrons. The molecule has 3 saturated heterocycles. The first-order valence-corrected chi connectivity index (χ1v) is 11.6. The molecular weight excluding hydrogens is 510 g/mol. The van der Waals surface area contributed by atoms with Crippen LogP contribution in [0.3, 0.4) is 0 Å². The van der Waals surface area contributed by atoms with Crippen LogP contribution < -0.4 is 5.32 Å². The van der Waals surface area contributed by atoms with E-state index >= 15 is 0 Å². The van der Waals surface area contributed by atoms with Gasteiger partial charge in [0.2, 0.25) is 5.91 Å². The van der Waals surface area contributed by atoms with Crippen LogP contribution in [-0.4, -0.2) is 169 Å². The van der Waals surface area contributed by atoms with Gasteiger partial charge < -0.3 is 80.1 Å². The Morgan fingerprint density at radius 2 is 1.14 bits per heavy atom. The van der Waals surface area contributed by atoms with E-state index in [1.807, 2.05) is 0 Å². The van der Waals surface area contributed by atoms with Crippen molar-refractivity contribution in [1.29, 1.82) is 0 Å². The molecule has 1 amide bonds. The molecule has 0 spiro atoms. The molecule has 1 unspecified atom stereocenters. The van der Waals surface area contributed by atoms with Gasteiger partial charge in [-0.1, -0.05) is 0 Å².